The third-order valence-corrected chi connectivity index (χ3v) is 3.80. The van der Waals surface area contributed by atoms with Crippen LogP contribution in [0, 0.1) is 0 Å². The molecule has 1 unspecified atom stereocenters. The lowest BCUT2D eigenvalue weighted by Crippen LogP contribution is -2.21. The molecule has 0 radical (unpaired) electrons. The molecule has 0 saturated heterocycles. The molecular formula is C10H14ClNO2S. The molecule has 1 aliphatic rings. The SMILES string of the molecule is COCCONC1CCc2sc(Cl)cc21. The van der Waals surface area contributed by atoms with Gasteiger partial charge in [-0.3, -0.25) is 4.84 Å². The second kappa shape index (κ2) is 5.27. The topological polar surface area (TPSA) is 30.5 Å². The highest BCUT2D eigenvalue weighted by Crippen LogP contribution is 2.39. The summed E-state index contributed by atoms with van der Waals surface area (Å²) < 4.78 is 5.76. The predicted molar refractivity (Wildman–Crippen MR) is 61.4 cm³/mol. The highest BCUT2D eigenvalue weighted by molar-refractivity contribution is 7.16. The van der Waals surface area contributed by atoms with Gasteiger partial charge in [-0.05, 0) is 24.5 Å². The number of rotatable bonds is 5. The van der Waals surface area contributed by atoms with Crippen LogP contribution in [-0.4, -0.2) is 20.3 Å². The Balaban J connectivity index is 1.84. The smallest absolute Gasteiger partial charge is 0.0934 e. The first-order valence-corrected chi connectivity index (χ1v) is 6.15. The molecular weight excluding hydrogens is 234 g/mol. The first kappa shape index (κ1) is 11.4. The quantitative estimate of drug-likeness (QED) is 0.641. The van der Waals surface area contributed by atoms with Gasteiger partial charge in [-0.2, -0.15) is 5.48 Å². The van der Waals surface area contributed by atoms with E-state index in [2.05, 4.69) is 5.48 Å². The molecule has 84 valence electrons. The number of hydrogen-bond acceptors (Lipinski definition) is 4. The Kier molecular flexibility index (Phi) is 3.99. The number of nitrogens with one attached hydrogen (secondary N) is 1. The summed E-state index contributed by atoms with van der Waals surface area (Å²) in [4.78, 5) is 6.69. The van der Waals surface area contributed by atoms with Crippen molar-refractivity contribution in [3.63, 3.8) is 0 Å². The van der Waals surface area contributed by atoms with Gasteiger partial charge in [0, 0.05) is 12.0 Å². The van der Waals surface area contributed by atoms with E-state index in [1.807, 2.05) is 6.07 Å². The van der Waals surface area contributed by atoms with Crippen molar-refractivity contribution < 1.29 is 9.57 Å². The number of methoxy groups -OCH3 is 1. The summed E-state index contributed by atoms with van der Waals surface area (Å²) in [6, 6.07) is 2.33. The molecule has 1 aromatic rings. The van der Waals surface area contributed by atoms with Crippen molar-refractivity contribution >= 4 is 22.9 Å². The Hall–Kier alpha value is -0.130. The fourth-order valence-corrected chi connectivity index (χ4v) is 3.09. The first-order chi connectivity index (χ1) is 7.31. The lowest BCUT2D eigenvalue weighted by molar-refractivity contribution is -0.0121. The Morgan fingerprint density at radius 1 is 1.60 bits per heavy atom. The van der Waals surface area contributed by atoms with Crippen molar-refractivity contribution in [2.75, 3.05) is 20.3 Å². The highest BCUT2D eigenvalue weighted by atomic mass is 35.5. The minimum Gasteiger partial charge on any atom is -0.382 e. The van der Waals surface area contributed by atoms with E-state index in [0.29, 0.717) is 19.3 Å². The van der Waals surface area contributed by atoms with E-state index in [9.17, 15) is 0 Å². The number of hydrogen-bond donors (Lipinski definition) is 1. The molecule has 0 aliphatic heterocycles. The minimum absolute atomic E-state index is 0.292. The predicted octanol–water partition coefficient (Wildman–Crippen LogP) is 2.56. The van der Waals surface area contributed by atoms with Gasteiger partial charge < -0.3 is 4.74 Å². The Bertz CT molecular complexity index is 329. The summed E-state index contributed by atoms with van der Waals surface area (Å²) >= 11 is 7.63. The number of aryl methyl sites for hydroxylation is 1. The van der Waals surface area contributed by atoms with Crippen LogP contribution in [0.2, 0.25) is 4.34 Å². The minimum atomic E-state index is 0.292. The van der Waals surface area contributed by atoms with Crippen LogP contribution < -0.4 is 5.48 Å². The molecule has 0 amide bonds. The van der Waals surface area contributed by atoms with Crippen molar-refractivity contribution in [2.45, 2.75) is 18.9 Å². The molecule has 1 atom stereocenters. The largest absolute Gasteiger partial charge is 0.382 e. The first-order valence-electron chi connectivity index (χ1n) is 4.95. The van der Waals surface area contributed by atoms with Gasteiger partial charge in [-0.25, -0.2) is 0 Å². The molecule has 3 nitrogen and oxygen atoms in total. The molecule has 0 bridgehead atoms. The van der Waals surface area contributed by atoms with Crippen molar-refractivity contribution in [3.8, 4) is 0 Å². The van der Waals surface area contributed by atoms with Gasteiger partial charge in [-0.1, -0.05) is 11.6 Å². The molecule has 1 heterocycles. The van der Waals surface area contributed by atoms with Gasteiger partial charge in [-0.15, -0.1) is 11.3 Å². The average molecular weight is 248 g/mol. The summed E-state index contributed by atoms with van der Waals surface area (Å²) in [5, 5.41) is 0. The zero-order valence-corrected chi connectivity index (χ0v) is 10.2. The summed E-state index contributed by atoms with van der Waals surface area (Å²) in [5.41, 5.74) is 4.35. The van der Waals surface area contributed by atoms with Crippen molar-refractivity contribution in [1.29, 1.82) is 0 Å². The van der Waals surface area contributed by atoms with E-state index in [1.165, 1.54) is 10.4 Å². The normalized spacial score (nSPS) is 19.5. The van der Waals surface area contributed by atoms with Crippen LogP contribution in [-0.2, 0) is 16.0 Å². The van der Waals surface area contributed by atoms with Crippen molar-refractivity contribution in [2.24, 2.45) is 0 Å². The van der Waals surface area contributed by atoms with Crippen LogP contribution in [0.1, 0.15) is 22.9 Å². The van der Waals surface area contributed by atoms with Gasteiger partial charge in [0.25, 0.3) is 0 Å². The van der Waals surface area contributed by atoms with Gasteiger partial charge >= 0.3 is 0 Å². The second-order valence-corrected chi connectivity index (χ2v) is 5.25. The lowest BCUT2D eigenvalue weighted by Gasteiger charge is -2.12. The van der Waals surface area contributed by atoms with Crippen LogP contribution >= 0.6 is 22.9 Å². The molecule has 15 heavy (non-hydrogen) atoms. The maximum absolute atomic E-state index is 5.96. The molecule has 1 aliphatic carbocycles. The van der Waals surface area contributed by atoms with Crippen LogP contribution in [0.25, 0.3) is 0 Å². The fourth-order valence-electron chi connectivity index (χ4n) is 1.74. The van der Waals surface area contributed by atoms with Crippen LogP contribution in [0.5, 0.6) is 0 Å². The van der Waals surface area contributed by atoms with E-state index < -0.39 is 0 Å². The van der Waals surface area contributed by atoms with E-state index in [-0.39, 0.29) is 0 Å². The molecule has 0 spiro atoms. The van der Waals surface area contributed by atoms with Gasteiger partial charge in [0.2, 0.25) is 0 Å². The van der Waals surface area contributed by atoms with Gasteiger partial charge in [0.1, 0.15) is 0 Å². The summed E-state index contributed by atoms with van der Waals surface area (Å²) in [6.45, 7) is 1.18. The maximum Gasteiger partial charge on any atom is 0.0934 e. The third kappa shape index (κ3) is 2.71. The molecule has 0 fully saturated rings. The molecule has 1 N–H and O–H groups in total. The monoisotopic (exact) mass is 247 g/mol. The van der Waals surface area contributed by atoms with E-state index in [1.54, 1.807) is 18.4 Å². The molecule has 5 heteroatoms. The van der Waals surface area contributed by atoms with Gasteiger partial charge in [0.15, 0.2) is 0 Å². The number of halogens is 1. The van der Waals surface area contributed by atoms with Crippen molar-refractivity contribution in [3.05, 3.63) is 20.8 Å². The molecule has 1 aromatic heterocycles. The Labute approximate surface area is 98.3 Å². The van der Waals surface area contributed by atoms with Crippen LogP contribution in [0.3, 0.4) is 0 Å². The zero-order chi connectivity index (χ0) is 10.7. The standard InChI is InChI=1S/C10H14ClNO2S/c1-13-4-5-14-12-8-2-3-9-7(8)6-10(11)15-9/h6,8,12H,2-5H2,1H3. The van der Waals surface area contributed by atoms with E-state index in [4.69, 9.17) is 21.2 Å². The number of thiophene rings is 1. The van der Waals surface area contributed by atoms with Crippen LogP contribution in [0.15, 0.2) is 6.07 Å². The molecule has 0 aromatic carbocycles. The molecule has 2 rings (SSSR count). The lowest BCUT2D eigenvalue weighted by atomic mass is 10.2. The van der Waals surface area contributed by atoms with Gasteiger partial charge in [0.05, 0.1) is 23.6 Å². The Morgan fingerprint density at radius 2 is 2.47 bits per heavy atom. The molecule has 0 saturated carbocycles. The fraction of sp³-hybridized carbons (Fsp3) is 0.600. The third-order valence-electron chi connectivity index (χ3n) is 2.46. The second-order valence-electron chi connectivity index (χ2n) is 3.48. The maximum atomic E-state index is 5.96. The highest BCUT2D eigenvalue weighted by Gasteiger charge is 2.24. The van der Waals surface area contributed by atoms with Crippen molar-refractivity contribution in [1.82, 2.24) is 5.48 Å². The van der Waals surface area contributed by atoms with E-state index in [0.717, 1.165) is 17.2 Å². The summed E-state index contributed by atoms with van der Waals surface area (Å²) in [7, 11) is 1.66. The zero-order valence-electron chi connectivity index (χ0n) is 8.59. The summed E-state index contributed by atoms with van der Waals surface area (Å²) in [5.74, 6) is 0. The average Bonchev–Trinajstić information content (AvgIpc) is 2.73. The Morgan fingerprint density at radius 3 is 3.27 bits per heavy atom. The van der Waals surface area contributed by atoms with Crippen LogP contribution in [0.4, 0.5) is 0 Å². The number of fused-ring (bicyclic) bond motifs is 1. The van der Waals surface area contributed by atoms with E-state index >= 15 is 0 Å². The number of hydroxylamine groups is 1. The number of ether oxygens (including phenoxy) is 1. The summed E-state index contributed by atoms with van der Waals surface area (Å²) in [6.07, 6.45) is 2.18.